The smallest absolute Gasteiger partial charge is 0.453 e. The summed E-state index contributed by atoms with van der Waals surface area (Å²) >= 11 is 6.07. The van der Waals surface area contributed by atoms with Crippen LogP contribution in [0.4, 0.5) is 33.6 Å². The van der Waals surface area contributed by atoms with Crippen molar-refractivity contribution in [3.05, 3.63) is 58.4 Å². The predicted molar refractivity (Wildman–Crippen MR) is 145 cm³/mol. The maximum atomic E-state index is 13.7. The number of rotatable bonds is 8. The molecule has 1 atom stereocenters. The van der Waals surface area contributed by atoms with E-state index in [1.165, 1.54) is 31.5 Å². The van der Waals surface area contributed by atoms with Gasteiger partial charge in [-0.1, -0.05) is 17.7 Å². The SMILES string of the molecule is COC(=O)CCc1ccc(C2(C)C(=O)Nc3nc(-c4nn(CCC(F)(F)C(F)(F)F)c5cc(Cl)ccc45)nc(N)c32)nc1. The molecule has 5 rings (SSSR count). The van der Waals surface area contributed by atoms with Crippen LogP contribution in [0, 0.1) is 0 Å². The number of methoxy groups -OCH3 is 1. The number of alkyl halides is 5. The van der Waals surface area contributed by atoms with Crippen LogP contribution < -0.4 is 11.1 Å². The topological polar surface area (TPSA) is 138 Å². The lowest BCUT2D eigenvalue weighted by atomic mass is 9.80. The number of fused-ring (bicyclic) bond motifs is 2. The van der Waals surface area contributed by atoms with Crippen molar-refractivity contribution in [2.45, 2.75) is 50.2 Å². The Hall–Kier alpha value is -4.40. The molecule has 1 aliphatic heterocycles. The van der Waals surface area contributed by atoms with E-state index in [2.05, 4.69) is 30.1 Å². The van der Waals surface area contributed by atoms with Gasteiger partial charge in [-0.2, -0.15) is 27.1 Å². The second-order valence-electron chi connectivity index (χ2n) is 10.0. The number of carbonyl (C=O) groups is 2. The third kappa shape index (κ3) is 5.32. The van der Waals surface area contributed by atoms with Gasteiger partial charge in [0.15, 0.2) is 5.82 Å². The summed E-state index contributed by atoms with van der Waals surface area (Å²) in [6.45, 7) is 0.802. The van der Waals surface area contributed by atoms with Gasteiger partial charge in [0.1, 0.15) is 22.7 Å². The first-order chi connectivity index (χ1) is 20.2. The van der Waals surface area contributed by atoms with Crippen LogP contribution in [-0.4, -0.2) is 55.8 Å². The number of nitrogens with zero attached hydrogens (tertiary/aromatic N) is 5. The van der Waals surface area contributed by atoms with Gasteiger partial charge in [-0.05, 0) is 43.2 Å². The molecule has 1 unspecified atom stereocenters. The number of benzene rings is 1. The number of hydrogen-bond donors (Lipinski definition) is 2. The lowest BCUT2D eigenvalue weighted by Crippen LogP contribution is -2.37. The van der Waals surface area contributed by atoms with Crippen LogP contribution in [0.15, 0.2) is 36.5 Å². The van der Waals surface area contributed by atoms with Crippen molar-refractivity contribution in [3.8, 4) is 11.5 Å². The van der Waals surface area contributed by atoms with Crippen LogP contribution in [0.25, 0.3) is 22.4 Å². The summed E-state index contributed by atoms with van der Waals surface area (Å²) in [5, 5.41) is 7.42. The zero-order valence-electron chi connectivity index (χ0n) is 22.6. The van der Waals surface area contributed by atoms with Crippen LogP contribution in [-0.2, 0) is 32.7 Å². The normalized spacial score (nSPS) is 16.8. The fourth-order valence-corrected chi connectivity index (χ4v) is 5.01. The van der Waals surface area contributed by atoms with Crippen LogP contribution >= 0.6 is 11.6 Å². The van der Waals surface area contributed by atoms with E-state index in [0.717, 1.165) is 10.2 Å². The summed E-state index contributed by atoms with van der Waals surface area (Å²) in [5.74, 6) is -5.95. The molecule has 4 heterocycles. The lowest BCUT2D eigenvalue weighted by molar-refractivity contribution is -0.285. The molecule has 0 saturated carbocycles. The molecule has 3 aromatic heterocycles. The molecule has 1 aliphatic rings. The molecule has 4 aromatic rings. The Balaban J connectivity index is 1.51. The second kappa shape index (κ2) is 10.7. The summed E-state index contributed by atoms with van der Waals surface area (Å²) in [7, 11) is 1.29. The fraction of sp³-hybridized carbons (Fsp3) is 0.333. The first-order valence-corrected chi connectivity index (χ1v) is 13.2. The maximum absolute atomic E-state index is 13.7. The summed E-state index contributed by atoms with van der Waals surface area (Å²) in [4.78, 5) is 37.9. The molecule has 16 heteroatoms. The number of nitrogen functional groups attached to an aromatic ring is 1. The minimum atomic E-state index is -5.73. The van der Waals surface area contributed by atoms with E-state index in [1.54, 1.807) is 19.1 Å². The highest BCUT2D eigenvalue weighted by molar-refractivity contribution is 6.31. The van der Waals surface area contributed by atoms with Gasteiger partial charge in [-0.25, -0.2) is 9.97 Å². The number of aryl methyl sites for hydroxylation is 2. The average molecular weight is 624 g/mol. The quantitative estimate of drug-likeness (QED) is 0.205. The van der Waals surface area contributed by atoms with Crippen LogP contribution in [0.1, 0.15) is 36.6 Å². The van der Waals surface area contributed by atoms with Crippen molar-refractivity contribution in [1.29, 1.82) is 0 Å². The van der Waals surface area contributed by atoms with Crippen molar-refractivity contribution >= 4 is 46.0 Å². The number of ether oxygens (including phenoxy) is 1. The molecular formula is C27H23ClF5N7O3. The number of esters is 1. The van der Waals surface area contributed by atoms with Crippen molar-refractivity contribution in [3.63, 3.8) is 0 Å². The highest BCUT2D eigenvalue weighted by Gasteiger charge is 2.57. The molecule has 10 nitrogen and oxygen atoms in total. The Morgan fingerprint density at radius 3 is 2.56 bits per heavy atom. The van der Waals surface area contributed by atoms with Gasteiger partial charge >= 0.3 is 18.1 Å². The third-order valence-electron chi connectivity index (χ3n) is 7.28. The molecule has 43 heavy (non-hydrogen) atoms. The van der Waals surface area contributed by atoms with Gasteiger partial charge < -0.3 is 15.8 Å². The minimum Gasteiger partial charge on any atom is -0.469 e. The summed E-state index contributed by atoms with van der Waals surface area (Å²) in [6, 6.07) is 7.71. The highest BCUT2D eigenvalue weighted by Crippen LogP contribution is 2.45. The van der Waals surface area contributed by atoms with Gasteiger partial charge in [-0.3, -0.25) is 19.3 Å². The molecule has 0 bridgehead atoms. The summed E-state index contributed by atoms with van der Waals surface area (Å²) in [5.41, 5.74) is 6.49. The molecule has 0 aliphatic carbocycles. The second-order valence-corrected chi connectivity index (χ2v) is 10.5. The number of carbonyl (C=O) groups excluding carboxylic acids is 2. The molecule has 226 valence electrons. The first kappa shape index (κ1) is 30.1. The fourth-order valence-electron chi connectivity index (χ4n) is 4.85. The molecule has 3 N–H and O–H groups in total. The van der Waals surface area contributed by atoms with E-state index in [4.69, 9.17) is 17.3 Å². The number of anilines is 2. The van der Waals surface area contributed by atoms with Gasteiger partial charge in [0.25, 0.3) is 0 Å². The lowest BCUT2D eigenvalue weighted by Gasteiger charge is -2.22. The highest BCUT2D eigenvalue weighted by atomic mass is 35.5. The van der Waals surface area contributed by atoms with Crippen LogP contribution in [0.3, 0.4) is 0 Å². The number of halogens is 6. The maximum Gasteiger partial charge on any atom is 0.453 e. The minimum absolute atomic E-state index is 0.0347. The van der Waals surface area contributed by atoms with E-state index >= 15 is 0 Å². The van der Waals surface area contributed by atoms with E-state index in [9.17, 15) is 31.5 Å². The number of nitrogens with two attached hydrogens (primary N) is 1. The molecule has 1 aromatic carbocycles. The Kier molecular flexibility index (Phi) is 7.48. The number of nitrogens with one attached hydrogen (secondary N) is 1. The Labute approximate surface area is 245 Å². The van der Waals surface area contributed by atoms with Crippen molar-refractivity contribution < 1.29 is 36.3 Å². The Morgan fingerprint density at radius 1 is 1.16 bits per heavy atom. The zero-order valence-corrected chi connectivity index (χ0v) is 23.4. The van der Waals surface area contributed by atoms with E-state index in [1.807, 2.05) is 0 Å². The van der Waals surface area contributed by atoms with Crippen LogP contribution in [0.5, 0.6) is 0 Å². The Bertz CT molecular complexity index is 1740. The Morgan fingerprint density at radius 2 is 1.91 bits per heavy atom. The first-order valence-electron chi connectivity index (χ1n) is 12.8. The van der Waals surface area contributed by atoms with E-state index < -0.39 is 36.4 Å². The third-order valence-corrected chi connectivity index (χ3v) is 7.52. The van der Waals surface area contributed by atoms with Crippen molar-refractivity contribution in [2.24, 2.45) is 0 Å². The molecule has 0 fully saturated rings. The number of aromatic nitrogens is 5. The number of hydrogen-bond acceptors (Lipinski definition) is 8. The van der Waals surface area contributed by atoms with Gasteiger partial charge in [0, 0.05) is 36.0 Å². The van der Waals surface area contributed by atoms with Crippen molar-refractivity contribution in [1.82, 2.24) is 24.7 Å². The van der Waals surface area contributed by atoms with Crippen molar-refractivity contribution in [2.75, 3.05) is 18.2 Å². The monoisotopic (exact) mass is 623 g/mol. The van der Waals surface area contributed by atoms with Gasteiger partial charge in [-0.15, -0.1) is 0 Å². The standard InChI is InChI=1S/C27H23ClF5N7O3/c1-25(17-7-3-13(12-35-17)4-8-18(41)43-2)19-21(34)36-23(37-22(19)38-24(25)42)20-15-6-5-14(28)11-16(15)40(39-20)10-9-26(29,30)27(31,32)33/h3,5-7,11-12H,4,8-10H2,1-2H3,(H3,34,36,37,38,42). The van der Waals surface area contributed by atoms with E-state index in [0.29, 0.717) is 17.5 Å². The van der Waals surface area contributed by atoms with Crippen LogP contribution in [0.2, 0.25) is 5.02 Å². The number of pyridine rings is 1. The average Bonchev–Trinajstić information content (AvgIpc) is 3.44. The van der Waals surface area contributed by atoms with Gasteiger partial charge in [0.05, 0.1) is 23.9 Å². The van der Waals surface area contributed by atoms with E-state index in [-0.39, 0.29) is 51.6 Å². The molecule has 0 saturated heterocycles. The largest absolute Gasteiger partial charge is 0.469 e. The zero-order chi connectivity index (χ0) is 31.3. The molecule has 1 amide bonds. The summed E-state index contributed by atoms with van der Waals surface area (Å²) < 4.78 is 71.3. The molecular weight excluding hydrogens is 601 g/mol. The predicted octanol–water partition coefficient (Wildman–Crippen LogP) is 5.08. The van der Waals surface area contributed by atoms with Gasteiger partial charge in [0.2, 0.25) is 5.91 Å². The summed E-state index contributed by atoms with van der Waals surface area (Å²) in [6.07, 6.45) is -5.21. The molecule has 0 radical (unpaired) electrons. The molecule has 0 spiro atoms. The number of amides is 1.